The van der Waals surface area contributed by atoms with Crippen LogP contribution in [-0.2, 0) is 0 Å². The summed E-state index contributed by atoms with van der Waals surface area (Å²) in [4.78, 5) is 8.56. The smallest absolute Gasteiger partial charge is 0.193 e. The van der Waals surface area contributed by atoms with Crippen molar-refractivity contribution >= 4 is 11.9 Å². The lowest BCUT2D eigenvalue weighted by molar-refractivity contribution is 0.244. The zero-order valence-corrected chi connectivity index (χ0v) is 10.9. The Labute approximate surface area is 109 Å². The molecule has 2 heterocycles. The van der Waals surface area contributed by atoms with Crippen molar-refractivity contribution in [1.82, 2.24) is 9.80 Å². The zero-order valence-electron chi connectivity index (χ0n) is 10.9. The number of nitrogens with zero attached hydrogens (tertiary/aromatic N) is 3. The molecule has 2 fully saturated rings. The molecule has 0 aromatic carbocycles. The number of piperidine rings is 2. The highest BCUT2D eigenvalue weighted by Crippen LogP contribution is 2.17. The minimum absolute atomic E-state index is 0.180. The summed E-state index contributed by atoms with van der Waals surface area (Å²) < 4.78 is 0. The van der Waals surface area contributed by atoms with Crippen LogP contribution in [0.5, 0.6) is 0 Å². The molecule has 0 saturated carbocycles. The lowest BCUT2D eigenvalue weighted by Crippen LogP contribution is -2.49. The van der Waals surface area contributed by atoms with Gasteiger partial charge in [-0.3, -0.25) is 10.4 Å². The van der Waals surface area contributed by atoms with Gasteiger partial charge in [-0.25, -0.2) is 0 Å². The molecule has 0 spiro atoms. The van der Waals surface area contributed by atoms with Crippen molar-refractivity contribution in [2.45, 2.75) is 38.1 Å². The third-order valence-corrected chi connectivity index (χ3v) is 3.75. The molecule has 18 heavy (non-hydrogen) atoms. The lowest BCUT2D eigenvalue weighted by Gasteiger charge is -2.38. The highest BCUT2D eigenvalue weighted by molar-refractivity contribution is 5.77. The third kappa shape index (κ3) is 3.27. The van der Waals surface area contributed by atoms with Crippen LogP contribution in [0.3, 0.4) is 0 Å². The van der Waals surface area contributed by atoms with Crippen LogP contribution in [0.4, 0.5) is 0 Å². The molecule has 2 rings (SSSR count). The van der Waals surface area contributed by atoms with Crippen molar-refractivity contribution in [1.29, 1.82) is 5.41 Å². The molecular formula is C12H24N6. The Hall–Kier alpha value is -1.46. The third-order valence-electron chi connectivity index (χ3n) is 3.75. The maximum absolute atomic E-state index is 8.25. The maximum atomic E-state index is 8.25. The van der Waals surface area contributed by atoms with Gasteiger partial charge in [-0.15, -0.1) is 0 Å². The Bertz CT molecular complexity index is 309. The van der Waals surface area contributed by atoms with Gasteiger partial charge in [0.2, 0.25) is 0 Å². The van der Waals surface area contributed by atoms with E-state index in [0.29, 0.717) is 5.96 Å². The molecule has 0 aromatic rings. The quantitative estimate of drug-likeness (QED) is 0.457. The summed E-state index contributed by atoms with van der Waals surface area (Å²) in [7, 11) is 0. The highest BCUT2D eigenvalue weighted by atomic mass is 15.4. The second-order valence-corrected chi connectivity index (χ2v) is 5.14. The topological polar surface area (TPSA) is 94.7 Å². The Morgan fingerprint density at radius 1 is 0.944 bits per heavy atom. The monoisotopic (exact) mass is 252 g/mol. The molecule has 0 bridgehead atoms. The second-order valence-electron chi connectivity index (χ2n) is 5.14. The van der Waals surface area contributed by atoms with Gasteiger partial charge in [-0.1, -0.05) is 0 Å². The minimum atomic E-state index is 0.180. The first-order valence-corrected chi connectivity index (χ1v) is 6.84. The van der Waals surface area contributed by atoms with Gasteiger partial charge in [-0.2, -0.15) is 0 Å². The normalized spacial score (nSPS) is 21.8. The average Bonchev–Trinajstić information content (AvgIpc) is 2.39. The number of likely N-dealkylation sites (tertiary alicyclic amines) is 2. The molecule has 0 atom stereocenters. The minimum Gasteiger partial charge on any atom is -0.370 e. The fraction of sp³-hybridized carbons (Fsp3) is 0.833. The van der Waals surface area contributed by atoms with E-state index >= 15 is 0 Å². The first-order chi connectivity index (χ1) is 8.66. The van der Waals surface area contributed by atoms with Gasteiger partial charge in [-0.05, 0) is 32.1 Å². The first-order valence-electron chi connectivity index (χ1n) is 6.84. The molecule has 5 N–H and O–H groups in total. The van der Waals surface area contributed by atoms with E-state index in [0.717, 1.165) is 39.0 Å². The highest BCUT2D eigenvalue weighted by Gasteiger charge is 2.24. The summed E-state index contributed by atoms with van der Waals surface area (Å²) in [6, 6.07) is 0.236. The fourth-order valence-corrected chi connectivity index (χ4v) is 2.72. The molecule has 6 heteroatoms. The molecule has 2 saturated heterocycles. The number of nitrogens with one attached hydrogen (secondary N) is 1. The summed E-state index contributed by atoms with van der Waals surface area (Å²) in [5, 5.41) is 8.25. The van der Waals surface area contributed by atoms with Crippen molar-refractivity contribution in [2.24, 2.45) is 16.5 Å². The maximum Gasteiger partial charge on any atom is 0.193 e. The van der Waals surface area contributed by atoms with E-state index in [-0.39, 0.29) is 12.0 Å². The van der Waals surface area contributed by atoms with Gasteiger partial charge in [0.25, 0.3) is 0 Å². The Morgan fingerprint density at radius 2 is 1.50 bits per heavy atom. The molecule has 102 valence electrons. The molecule has 2 aliphatic heterocycles. The fourth-order valence-electron chi connectivity index (χ4n) is 2.72. The van der Waals surface area contributed by atoms with E-state index in [4.69, 9.17) is 16.9 Å². The number of rotatable bonds is 1. The van der Waals surface area contributed by atoms with Crippen LogP contribution in [0, 0.1) is 5.41 Å². The molecular weight excluding hydrogens is 228 g/mol. The van der Waals surface area contributed by atoms with Crippen molar-refractivity contribution in [3.05, 3.63) is 0 Å². The van der Waals surface area contributed by atoms with Gasteiger partial charge < -0.3 is 21.3 Å². The molecule has 0 aromatic heterocycles. The second kappa shape index (κ2) is 5.93. The summed E-state index contributed by atoms with van der Waals surface area (Å²) in [5.41, 5.74) is 10.8. The van der Waals surface area contributed by atoms with Crippen LogP contribution in [0.2, 0.25) is 0 Å². The van der Waals surface area contributed by atoms with Crippen molar-refractivity contribution < 1.29 is 0 Å². The standard InChI is InChI=1S/C12H24N6/c13-11(14)16-10-4-8-18(9-5-10)12(15)17-6-2-1-3-7-17/h10,15H,1-9H2,(H4,13,14,16). The van der Waals surface area contributed by atoms with E-state index in [1.54, 1.807) is 0 Å². The van der Waals surface area contributed by atoms with E-state index in [9.17, 15) is 0 Å². The summed E-state index contributed by atoms with van der Waals surface area (Å²) in [5.74, 6) is 0.873. The summed E-state index contributed by atoms with van der Waals surface area (Å²) in [6.45, 7) is 3.84. The van der Waals surface area contributed by atoms with Crippen molar-refractivity contribution in [3.63, 3.8) is 0 Å². The number of hydrogen-bond donors (Lipinski definition) is 3. The van der Waals surface area contributed by atoms with Gasteiger partial charge in [0.05, 0.1) is 6.04 Å². The predicted octanol–water partition coefficient (Wildman–Crippen LogP) is 0.145. The number of guanidine groups is 2. The van der Waals surface area contributed by atoms with E-state index in [1.165, 1.54) is 19.3 Å². The van der Waals surface area contributed by atoms with Crippen LogP contribution in [0.1, 0.15) is 32.1 Å². The SMILES string of the molecule is N=C(N1CCCCC1)N1CCC(N=C(N)N)CC1. The van der Waals surface area contributed by atoms with Gasteiger partial charge in [0.15, 0.2) is 11.9 Å². The largest absolute Gasteiger partial charge is 0.370 e. The number of hydrogen-bond acceptors (Lipinski definition) is 2. The number of nitrogens with two attached hydrogens (primary N) is 2. The number of aliphatic imine (C=N–C) groups is 1. The Morgan fingerprint density at radius 3 is 2.06 bits per heavy atom. The molecule has 0 aliphatic carbocycles. The first kappa shape index (κ1) is 13.0. The molecule has 2 aliphatic rings. The van der Waals surface area contributed by atoms with Crippen molar-refractivity contribution in [2.75, 3.05) is 26.2 Å². The van der Waals surface area contributed by atoms with Crippen LogP contribution in [0.15, 0.2) is 4.99 Å². The van der Waals surface area contributed by atoms with E-state index < -0.39 is 0 Å². The van der Waals surface area contributed by atoms with Crippen LogP contribution >= 0.6 is 0 Å². The summed E-state index contributed by atoms with van der Waals surface area (Å²) >= 11 is 0. The summed E-state index contributed by atoms with van der Waals surface area (Å²) in [6.07, 6.45) is 5.61. The van der Waals surface area contributed by atoms with Gasteiger partial charge in [0, 0.05) is 26.2 Å². The van der Waals surface area contributed by atoms with Crippen LogP contribution < -0.4 is 11.5 Å². The van der Waals surface area contributed by atoms with Gasteiger partial charge >= 0.3 is 0 Å². The Kier molecular flexibility index (Phi) is 4.28. The molecule has 0 unspecified atom stereocenters. The van der Waals surface area contributed by atoms with Crippen molar-refractivity contribution in [3.8, 4) is 0 Å². The molecule has 6 nitrogen and oxygen atoms in total. The van der Waals surface area contributed by atoms with Crippen LogP contribution in [-0.4, -0.2) is 53.9 Å². The average molecular weight is 252 g/mol. The molecule has 0 amide bonds. The van der Waals surface area contributed by atoms with Gasteiger partial charge in [0.1, 0.15) is 0 Å². The lowest BCUT2D eigenvalue weighted by atomic mass is 10.1. The zero-order chi connectivity index (χ0) is 13.0. The van der Waals surface area contributed by atoms with E-state index in [2.05, 4.69) is 14.8 Å². The van der Waals surface area contributed by atoms with Crippen LogP contribution in [0.25, 0.3) is 0 Å². The molecule has 0 radical (unpaired) electrons. The van der Waals surface area contributed by atoms with E-state index in [1.807, 2.05) is 0 Å². The predicted molar refractivity (Wildman–Crippen MR) is 73.6 cm³/mol. The Balaban J connectivity index is 1.81.